The number of hydrogen-bond donors (Lipinski definition) is 0. The molecule has 0 bridgehead atoms. The Hall–Kier alpha value is -0.870. The molecule has 0 aromatic carbocycles. The number of thiophene rings is 1. The molecule has 6 heteroatoms. The Kier molecular flexibility index (Phi) is 5.82. The molecule has 0 spiro atoms. The number of aryl methyl sites for hydroxylation is 1. The lowest BCUT2D eigenvalue weighted by atomic mass is 9.99. The summed E-state index contributed by atoms with van der Waals surface area (Å²) in [6, 6.07) is 3.62. The van der Waals surface area contributed by atoms with Gasteiger partial charge in [0.1, 0.15) is 10.8 Å². The number of sulfonamides is 1. The minimum Gasteiger partial charge on any atom is -0.369 e. The van der Waals surface area contributed by atoms with Gasteiger partial charge in [-0.1, -0.05) is 12.8 Å². The van der Waals surface area contributed by atoms with Crippen LogP contribution in [-0.4, -0.2) is 39.0 Å². The van der Waals surface area contributed by atoms with Gasteiger partial charge in [0.25, 0.3) is 10.0 Å². The number of nitrogens with zero attached hydrogens (tertiary/aromatic N) is 1. The highest BCUT2D eigenvalue weighted by atomic mass is 32.2. The van der Waals surface area contributed by atoms with Gasteiger partial charge in [-0.25, -0.2) is 8.42 Å². The maximum Gasteiger partial charge on any atom is 0.252 e. The average molecular weight is 327 g/mol. The minimum absolute atomic E-state index is 0.327. The predicted octanol–water partition coefficient (Wildman–Crippen LogP) is 2.36. The Balaban J connectivity index is 1.93. The fourth-order valence-electron chi connectivity index (χ4n) is 2.41. The van der Waals surface area contributed by atoms with Crippen LogP contribution in [0.4, 0.5) is 0 Å². The lowest BCUT2D eigenvalue weighted by molar-refractivity contribution is 0.101. The molecule has 1 aromatic rings. The van der Waals surface area contributed by atoms with Crippen molar-refractivity contribution in [1.29, 1.82) is 0 Å². The highest BCUT2D eigenvalue weighted by Crippen LogP contribution is 2.28. The van der Waals surface area contributed by atoms with Crippen LogP contribution in [0.25, 0.3) is 0 Å². The molecule has 0 aliphatic carbocycles. The molecule has 4 nitrogen and oxygen atoms in total. The van der Waals surface area contributed by atoms with Gasteiger partial charge in [-0.15, -0.1) is 17.8 Å². The van der Waals surface area contributed by atoms with Gasteiger partial charge in [-0.3, -0.25) is 0 Å². The summed E-state index contributed by atoms with van der Waals surface area (Å²) < 4.78 is 32.5. The van der Waals surface area contributed by atoms with E-state index in [-0.39, 0.29) is 0 Å². The molecule has 1 aromatic heterocycles. The van der Waals surface area contributed by atoms with Crippen LogP contribution in [0, 0.1) is 18.3 Å². The molecule has 0 unspecified atom stereocenters. The third kappa shape index (κ3) is 4.07. The van der Waals surface area contributed by atoms with Crippen LogP contribution in [-0.2, 0) is 21.2 Å². The summed E-state index contributed by atoms with van der Waals surface area (Å²) in [5.41, 5.74) is 0. The Labute approximate surface area is 131 Å². The molecule has 0 N–H and O–H groups in total. The molecule has 2 heterocycles. The topological polar surface area (TPSA) is 46.6 Å². The van der Waals surface area contributed by atoms with E-state index in [1.165, 1.54) is 11.3 Å². The van der Waals surface area contributed by atoms with E-state index in [1.54, 1.807) is 10.4 Å². The van der Waals surface area contributed by atoms with E-state index in [4.69, 9.17) is 11.2 Å². The van der Waals surface area contributed by atoms with Gasteiger partial charge in [0, 0.05) is 18.0 Å². The summed E-state index contributed by atoms with van der Waals surface area (Å²) in [4.78, 5) is 1.10. The van der Waals surface area contributed by atoms with Crippen molar-refractivity contribution in [3.8, 4) is 12.3 Å². The van der Waals surface area contributed by atoms with Gasteiger partial charge in [0.15, 0.2) is 0 Å². The van der Waals surface area contributed by atoms with Crippen LogP contribution >= 0.6 is 11.3 Å². The van der Waals surface area contributed by atoms with Gasteiger partial charge in [0.05, 0.1) is 6.61 Å². The lowest BCUT2D eigenvalue weighted by Gasteiger charge is -2.30. The summed E-state index contributed by atoms with van der Waals surface area (Å²) in [6.07, 6.45) is 7.67. The molecule has 0 radical (unpaired) electrons. The van der Waals surface area contributed by atoms with Crippen molar-refractivity contribution >= 4 is 21.4 Å². The first-order chi connectivity index (χ1) is 10.1. The minimum atomic E-state index is -3.32. The lowest BCUT2D eigenvalue weighted by Crippen LogP contribution is -2.39. The number of piperidine rings is 1. The first-order valence-corrected chi connectivity index (χ1v) is 9.43. The average Bonchev–Trinajstić information content (AvgIpc) is 2.98. The highest BCUT2D eigenvalue weighted by Gasteiger charge is 2.30. The van der Waals surface area contributed by atoms with E-state index < -0.39 is 10.0 Å². The zero-order valence-corrected chi connectivity index (χ0v) is 13.9. The van der Waals surface area contributed by atoms with E-state index in [2.05, 4.69) is 5.92 Å². The normalized spacial score (nSPS) is 17.7. The van der Waals surface area contributed by atoms with E-state index in [1.807, 2.05) is 13.0 Å². The first kappa shape index (κ1) is 16.5. The molecular formula is C15H21NO3S2. The maximum atomic E-state index is 12.6. The molecule has 1 aliphatic heterocycles. The second kappa shape index (κ2) is 7.41. The van der Waals surface area contributed by atoms with Crippen LogP contribution in [0.3, 0.4) is 0 Å². The Morgan fingerprint density at radius 1 is 1.43 bits per heavy atom. The van der Waals surface area contributed by atoms with Crippen molar-refractivity contribution in [1.82, 2.24) is 4.31 Å². The first-order valence-electron chi connectivity index (χ1n) is 7.18. The molecule has 1 fully saturated rings. The molecule has 116 valence electrons. The molecule has 0 saturated carbocycles. The molecule has 21 heavy (non-hydrogen) atoms. The Morgan fingerprint density at radius 3 is 2.71 bits per heavy atom. The molecule has 1 aliphatic rings. The third-order valence-corrected chi connectivity index (χ3v) is 7.29. The van der Waals surface area contributed by atoms with E-state index >= 15 is 0 Å². The third-order valence-electron chi connectivity index (χ3n) is 3.69. The van der Waals surface area contributed by atoms with Crippen LogP contribution in [0.5, 0.6) is 0 Å². The number of rotatable bonds is 6. The van der Waals surface area contributed by atoms with Crippen LogP contribution in [0.1, 0.15) is 24.6 Å². The van der Waals surface area contributed by atoms with Gasteiger partial charge >= 0.3 is 0 Å². The summed E-state index contributed by atoms with van der Waals surface area (Å²) in [5, 5.41) is 0. The van der Waals surface area contributed by atoms with Crippen LogP contribution in [0.2, 0.25) is 0 Å². The number of ether oxygens (including phenoxy) is 1. The molecular weight excluding hydrogens is 306 g/mol. The van der Waals surface area contributed by atoms with Gasteiger partial charge in [-0.2, -0.15) is 4.31 Å². The maximum absolute atomic E-state index is 12.6. The zero-order chi connectivity index (χ0) is 15.3. The zero-order valence-electron chi connectivity index (χ0n) is 12.2. The highest BCUT2D eigenvalue weighted by molar-refractivity contribution is 7.91. The standard InChI is InChI=1S/C15H21NO3S2/c1-3-11-19-12-13-7-9-16(10-8-13)21(17,18)15-6-5-14(4-2)20-15/h1,5-6,13H,4,7-12H2,2H3. The van der Waals surface area contributed by atoms with Gasteiger partial charge < -0.3 is 4.74 Å². The molecule has 0 atom stereocenters. The monoisotopic (exact) mass is 327 g/mol. The number of terminal acetylenes is 1. The Morgan fingerprint density at radius 2 is 2.14 bits per heavy atom. The summed E-state index contributed by atoms with van der Waals surface area (Å²) >= 11 is 1.37. The van der Waals surface area contributed by atoms with Crippen molar-refractivity contribution < 1.29 is 13.2 Å². The van der Waals surface area contributed by atoms with Crippen molar-refractivity contribution in [3.63, 3.8) is 0 Å². The van der Waals surface area contributed by atoms with Crippen molar-refractivity contribution in [2.24, 2.45) is 5.92 Å². The quantitative estimate of drug-likeness (QED) is 0.595. The molecule has 0 amide bonds. The van der Waals surface area contributed by atoms with E-state index in [9.17, 15) is 8.42 Å². The van der Waals surface area contributed by atoms with Crippen LogP contribution in [0.15, 0.2) is 16.3 Å². The van der Waals surface area contributed by atoms with Crippen molar-refractivity contribution in [3.05, 3.63) is 17.0 Å². The van der Waals surface area contributed by atoms with Crippen molar-refractivity contribution in [2.75, 3.05) is 26.3 Å². The Bertz CT molecular complexity index is 593. The molecule has 1 saturated heterocycles. The van der Waals surface area contributed by atoms with Gasteiger partial charge in [-0.05, 0) is 37.3 Å². The second-order valence-corrected chi connectivity index (χ2v) is 8.47. The van der Waals surface area contributed by atoms with E-state index in [0.29, 0.717) is 36.4 Å². The summed E-state index contributed by atoms with van der Waals surface area (Å²) in [6.45, 7) is 4.10. The summed E-state index contributed by atoms with van der Waals surface area (Å²) in [5.74, 6) is 2.84. The fourth-order valence-corrected chi connectivity index (χ4v) is 5.33. The van der Waals surface area contributed by atoms with E-state index in [0.717, 1.165) is 24.1 Å². The number of hydrogen-bond acceptors (Lipinski definition) is 4. The van der Waals surface area contributed by atoms with Crippen molar-refractivity contribution in [2.45, 2.75) is 30.4 Å². The predicted molar refractivity (Wildman–Crippen MR) is 84.8 cm³/mol. The second-order valence-electron chi connectivity index (χ2n) is 5.14. The SMILES string of the molecule is C#CCOCC1CCN(S(=O)(=O)c2ccc(CC)s2)CC1. The van der Waals surface area contributed by atoms with Gasteiger partial charge in [0.2, 0.25) is 0 Å². The largest absolute Gasteiger partial charge is 0.369 e. The fraction of sp³-hybridized carbons (Fsp3) is 0.600. The smallest absolute Gasteiger partial charge is 0.252 e. The molecule has 2 rings (SSSR count). The van der Waals surface area contributed by atoms with Crippen LogP contribution < -0.4 is 0 Å². The summed E-state index contributed by atoms with van der Waals surface area (Å²) in [7, 11) is -3.32.